The summed E-state index contributed by atoms with van der Waals surface area (Å²) in [6.45, 7) is 5.42. The van der Waals surface area contributed by atoms with Gasteiger partial charge in [-0.2, -0.15) is 0 Å². The Labute approximate surface area is 98.5 Å². The van der Waals surface area contributed by atoms with Crippen molar-refractivity contribution >= 4 is 16.3 Å². The highest BCUT2D eigenvalue weighted by Crippen LogP contribution is 2.25. The van der Waals surface area contributed by atoms with Gasteiger partial charge in [0, 0.05) is 30.1 Å². The first-order valence-electron chi connectivity index (χ1n) is 5.12. The van der Waals surface area contributed by atoms with Crippen molar-refractivity contribution in [2.24, 2.45) is 0 Å². The molecule has 1 rings (SSSR count). The van der Waals surface area contributed by atoms with Gasteiger partial charge in [-0.15, -0.1) is 0 Å². The summed E-state index contributed by atoms with van der Waals surface area (Å²) in [5.74, 6) is 0. The quantitative estimate of drug-likeness (QED) is 0.612. The molecule has 0 amide bonds. The Morgan fingerprint density at radius 3 is 2.69 bits per heavy atom. The molecule has 1 aromatic rings. The lowest BCUT2D eigenvalue weighted by atomic mass is 10.3. The standard InChI is InChI=1S/C10H16N2O3S/c1-8(2)11(5-6-13)7-9-3-4-10(16-9)12(14)15/h3-4,8,13H,5-7H2,1-2H3. The molecule has 6 heteroatoms. The maximum Gasteiger partial charge on any atom is 0.324 e. The highest BCUT2D eigenvalue weighted by Gasteiger charge is 2.14. The number of hydrogen-bond acceptors (Lipinski definition) is 5. The van der Waals surface area contributed by atoms with E-state index in [0.717, 1.165) is 4.88 Å². The van der Waals surface area contributed by atoms with Gasteiger partial charge in [0.2, 0.25) is 0 Å². The Bertz CT molecular complexity index is 352. The zero-order valence-electron chi connectivity index (χ0n) is 9.42. The third kappa shape index (κ3) is 3.55. The molecule has 1 heterocycles. The normalized spacial score (nSPS) is 11.3. The maximum absolute atomic E-state index is 10.5. The highest BCUT2D eigenvalue weighted by atomic mass is 32.1. The van der Waals surface area contributed by atoms with E-state index >= 15 is 0 Å². The van der Waals surface area contributed by atoms with Crippen molar-refractivity contribution < 1.29 is 10.0 Å². The Balaban J connectivity index is 2.66. The fraction of sp³-hybridized carbons (Fsp3) is 0.600. The number of aliphatic hydroxyl groups excluding tert-OH is 1. The summed E-state index contributed by atoms with van der Waals surface area (Å²) in [5, 5.41) is 19.6. The van der Waals surface area contributed by atoms with Crippen LogP contribution in [0.5, 0.6) is 0 Å². The lowest BCUT2D eigenvalue weighted by Crippen LogP contribution is -2.32. The predicted molar refractivity (Wildman–Crippen MR) is 63.6 cm³/mol. The van der Waals surface area contributed by atoms with E-state index in [4.69, 9.17) is 5.11 Å². The highest BCUT2D eigenvalue weighted by molar-refractivity contribution is 7.15. The summed E-state index contributed by atoms with van der Waals surface area (Å²) in [6.07, 6.45) is 0. The van der Waals surface area contributed by atoms with E-state index in [1.807, 2.05) is 13.8 Å². The monoisotopic (exact) mass is 244 g/mol. The van der Waals surface area contributed by atoms with Gasteiger partial charge < -0.3 is 5.11 Å². The number of hydrogen-bond donors (Lipinski definition) is 1. The van der Waals surface area contributed by atoms with Crippen molar-refractivity contribution in [3.8, 4) is 0 Å². The summed E-state index contributed by atoms with van der Waals surface area (Å²) in [7, 11) is 0. The smallest absolute Gasteiger partial charge is 0.324 e. The molecule has 5 nitrogen and oxygen atoms in total. The fourth-order valence-corrected chi connectivity index (χ4v) is 2.24. The van der Waals surface area contributed by atoms with Crippen LogP contribution < -0.4 is 0 Å². The van der Waals surface area contributed by atoms with Gasteiger partial charge in [-0.25, -0.2) is 0 Å². The lowest BCUT2D eigenvalue weighted by molar-refractivity contribution is -0.380. The fourth-order valence-electron chi connectivity index (χ4n) is 1.40. The Morgan fingerprint density at radius 1 is 1.56 bits per heavy atom. The van der Waals surface area contributed by atoms with E-state index in [-0.39, 0.29) is 16.5 Å². The van der Waals surface area contributed by atoms with Crippen molar-refractivity contribution in [3.05, 3.63) is 27.1 Å². The molecule has 0 aliphatic rings. The van der Waals surface area contributed by atoms with E-state index in [0.29, 0.717) is 19.1 Å². The Hall–Kier alpha value is -0.980. The number of rotatable bonds is 6. The van der Waals surface area contributed by atoms with Crippen LogP contribution in [-0.4, -0.2) is 34.1 Å². The zero-order valence-corrected chi connectivity index (χ0v) is 10.2. The third-order valence-electron chi connectivity index (χ3n) is 2.30. The van der Waals surface area contributed by atoms with Gasteiger partial charge in [-0.05, 0) is 19.9 Å². The molecule has 1 aromatic heterocycles. The molecule has 0 fully saturated rings. The summed E-state index contributed by atoms with van der Waals surface area (Å²) in [6, 6.07) is 3.61. The summed E-state index contributed by atoms with van der Waals surface area (Å²) < 4.78 is 0. The van der Waals surface area contributed by atoms with Crippen molar-refractivity contribution in [2.75, 3.05) is 13.2 Å². The van der Waals surface area contributed by atoms with E-state index < -0.39 is 0 Å². The van der Waals surface area contributed by atoms with Crippen LogP contribution in [0.3, 0.4) is 0 Å². The van der Waals surface area contributed by atoms with E-state index in [1.54, 1.807) is 6.07 Å². The Kier molecular flexibility index (Phi) is 4.85. The molecule has 90 valence electrons. The molecule has 0 aliphatic carbocycles. The van der Waals surface area contributed by atoms with Crippen LogP contribution >= 0.6 is 11.3 Å². The third-order valence-corrected chi connectivity index (χ3v) is 3.33. The second kappa shape index (κ2) is 5.93. The summed E-state index contributed by atoms with van der Waals surface area (Å²) in [5.41, 5.74) is 0. The molecule has 0 aliphatic heterocycles. The number of thiophene rings is 1. The minimum atomic E-state index is -0.375. The number of nitro groups is 1. The van der Waals surface area contributed by atoms with Crippen LogP contribution in [0.1, 0.15) is 18.7 Å². The van der Waals surface area contributed by atoms with E-state index in [2.05, 4.69) is 4.90 Å². The van der Waals surface area contributed by atoms with Crippen LogP contribution in [0.15, 0.2) is 12.1 Å². The van der Waals surface area contributed by atoms with Crippen molar-refractivity contribution in [3.63, 3.8) is 0 Å². The topological polar surface area (TPSA) is 66.6 Å². The van der Waals surface area contributed by atoms with Gasteiger partial charge in [-0.3, -0.25) is 15.0 Å². The van der Waals surface area contributed by atoms with Crippen molar-refractivity contribution in [2.45, 2.75) is 26.4 Å². The molecule has 0 spiro atoms. The van der Waals surface area contributed by atoms with Crippen LogP contribution in [0.25, 0.3) is 0 Å². The second-order valence-corrected chi connectivity index (χ2v) is 4.93. The first-order valence-corrected chi connectivity index (χ1v) is 5.94. The van der Waals surface area contributed by atoms with Gasteiger partial charge in [0.25, 0.3) is 0 Å². The van der Waals surface area contributed by atoms with E-state index in [1.165, 1.54) is 17.4 Å². The lowest BCUT2D eigenvalue weighted by Gasteiger charge is -2.24. The van der Waals surface area contributed by atoms with Gasteiger partial charge in [0.1, 0.15) is 0 Å². The average Bonchev–Trinajstić information content (AvgIpc) is 2.65. The summed E-state index contributed by atoms with van der Waals surface area (Å²) >= 11 is 1.19. The van der Waals surface area contributed by atoms with Gasteiger partial charge in [0.15, 0.2) is 0 Å². The summed E-state index contributed by atoms with van der Waals surface area (Å²) in [4.78, 5) is 13.2. The largest absolute Gasteiger partial charge is 0.395 e. The molecule has 0 unspecified atom stereocenters. The molecule has 0 aromatic carbocycles. The van der Waals surface area contributed by atoms with Crippen molar-refractivity contribution in [1.29, 1.82) is 0 Å². The van der Waals surface area contributed by atoms with Crippen LogP contribution in [-0.2, 0) is 6.54 Å². The molecule has 0 saturated heterocycles. The first-order chi connectivity index (χ1) is 7.54. The van der Waals surface area contributed by atoms with Crippen LogP contribution in [0, 0.1) is 10.1 Å². The molecule has 0 atom stereocenters. The van der Waals surface area contributed by atoms with Gasteiger partial charge >= 0.3 is 5.00 Å². The molecule has 0 radical (unpaired) electrons. The minimum absolute atomic E-state index is 0.103. The average molecular weight is 244 g/mol. The maximum atomic E-state index is 10.5. The van der Waals surface area contributed by atoms with E-state index in [9.17, 15) is 10.1 Å². The molecular weight excluding hydrogens is 228 g/mol. The Morgan fingerprint density at radius 2 is 2.25 bits per heavy atom. The molecular formula is C10H16N2O3S. The molecule has 0 bridgehead atoms. The zero-order chi connectivity index (χ0) is 12.1. The molecule has 0 saturated carbocycles. The minimum Gasteiger partial charge on any atom is -0.395 e. The molecule has 16 heavy (non-hydrogen) atoms. The van der Waals surface area contributed by atoms with Gasteiger partial charge in [-0.1, -0.05) is 11.3 Å². The second-order valence-electron chi connectivity index (χ2n) is 3.78. The van der Waals surface area contributed by atoms with Crippen molar-refractivity contribution in [1.82, 2.24) is 4.90 Å². The first kappa shape index (κ1) is 13.1. The van der Waals surface area contributed by atoms with Gasteiger partial charge in [0.05, 0.1) is 11.5 Å². The predicted octanol–water partition coefficient (Wildman–Crippen LogP) is 1.86. The SMILES string of the molecule is CC(C)N(CCO)Cc1ccc([N+](=O)[O-])s1. The molecule has 1 N–H and O–H groups in total. The number of nitrogens with zero attached hydrogens (tertiary/aromatic N) is 2. The van der Waals surface area contributed by atoms with Crippen LogP contribution in [0.4, 0.5) is 5.00 Å². The van der Waals surface area contributed by atoms with Crippen LogP contribution in [0.2, 0.25) is 0 Å². The number of aliphatic hydroxyl groups is 1.